The molecule has 0 rings (SSSR count). The van der Waals surface area contributed by atoms with Gasteiger partial charge in [0.15, 0.2) is 0 Å². The number of rotatable bonds is 49. The van der Waals surface area contributed by atoms with E-state index in [1.807, 2.05) is 0 Å². The second kappa shape index (κ2) is 50.2. The Morgan fingerprint density at radius 1 is 0.484 bits per heavy atom. The number of allylic oxidation sites excluding steroid dienone is 10. The van der Waals surface area contributed by atoms with Crippen LogP contribution < -0.4 is 5.73 Å². The summed E-state index contributed by atoms with van der Waals surface area (Å²) in [6, 6.07) is 0. The normalized spacial score (nSPS) is 13.8. The maximum absolute atomic E-state index is 12.7. The van der Waals surface area contributed by atoms with Gasteiger partial charge in [-0.15, -0.1) is 0 Å². The summed E-state index contributed by atoms with van der Waals surface area (Å²) < 4.78 is 33.6. The highest BCUT2D eigenvalue weighted by Crippen LogP contribution is 2.43. The summed E-state index contributed by atoms with van der Waals surface area (Å²) in [5, 5.41) is 0. The van der Waals surface area contributed by atoms with Crippen LogP contribution in [0.1, 0.15) is 232 Å². The van der Waals surface area contributed by atoms with Gasteiger partial charge in [0.1, 0.15) is 6.10 Å². The van der Waals surface area contributed by atoms with Crippen LogP contribution in [0.25, 0.3) is 0 Å². The molecule has 2 atom stereocenters. The molecule has 0 aliphatic carbocycles. The van der Waals surface area contributed by atoms with Crippen LogP contribution >= 0.6 is 7.82 Å². The lowest BCUT2D eigenvalue weighted by atomic mass is 10.1. The van der Waals surface area contributed by atoms with E-state index in [0.29, 0.717) is 13.0 Å². The van der Waals surface area contributed by atoms with Crippen molar-refractivity contribution in [1.29, 1.82) is 0 Å². The zero-order valence-electron chi connectivity index (χ0n) is 40.3. The fraction of sp³-hybridized carbons (Fsp3) is 0.792. The van der Waals surface area contributed by atoms with E-state index in [1.165, 1.54) is 154 Å². The van der Waals surface area contributed by atoms with Crippen molar-refractivity contribution < 1.29 is 32.8 Å². The van der Waals surface area contributed by atoms with Gasteiger partial charge in [-0.05, 0) is 83.5 Å². The Bertz CT molecular complexity index is 1140. The first-order chi connectivity index (χ1) is 30.4. The summed E-state index contributed by atoms with van der Waals surface area (Å²) >= 11 is 0. The number of hydrogen-bond donors (Lipinski definition) is 2. The lowest BCUT2D eigenvalue weighted by Crippen LogP contribution is -2.28. The molecule has 0 radical (unpaired) electrons. The lowest BCUT2D eigenvalue weighted by Gasteiger charge is -2.20. The van der Waals surface area contributed by atoms with Crippen LogP contribution in [-0.4, -0.2) is 49.9 Å². The third-order valence-electron chi connectivity index (χ3n) is 10.9. The third kappa shape index (κ3) is 49.2. The summed E-state index contributed by atoms with van der Waals surface area (Å²) in [6.07, 6.45) is 62.5. The van der Waals surface area contributed by atoms with Gasteiger partial charge in [0.2, 0.25) is 0 Å². The second-order valence-corrected chi connectivity index (χ2v) is 18.5. The Labute approximate surface area is 383 Å². The zero-order chi connectivity index (χ0) is 45.1. The van der Waals surface area contributed by atoms with Crippen molar-refractivity contribution in [3.05, 3.63) is 60.8 Å². The Morgan fingerprint density at radius 3 is 1.31 bits per heavy atom. The average Bonchev–Trinajstić information content (AvgIpc) is 3.26. The fourth-order valence-corrected chi connectivity index (χ4v) is 7.86. The minimum atomic E-state index is -4.29. The Morgan fingerprint density at radius 2 is 0.855 bits per heavy atom. The van der Waals surface area contributed by atoms with Crippen LogP contribution in [0.4, 0.5) is 0 Å². The number of esters is 1. The molecule has 8 nitrogen and oxygen atoms in total. The molecule has 9 heteroatoms. The van der Waals surface area contributed by atoms with Crippen LogP contribution in [0, 0.1) is 0 Å². The van der Waals surface area contributed by atoms with Gasteiger partial charge in [-0.1, -0.05) is 203 Å². The van der Waals surface area contributed by atoms with Crippen molar-refractivity contribution in [2.75, 3.05) is 33.0 Å². The summed E-state index contributed by atoms with van der Waals surface area (Å²) in [4.78, 5) is 22.6. The van der Waals surface area contributed by atoms with E-state index >= 15 is 0 Å². The standard InChI is InChI=1S/C53H98NO7P/c1-3-5-7-9-11-13-15-17-19-21-23-25-26-27-28-30-32-34-36-38-40-42-44-46-53(55)61-52(51-60-62(56,57)59-49-47-54)50-58-48-45-43-41-39-37-35-33-31-29-24-22-20-18-16-14-12-10-8-6-4-2/h12,14-15,17-18,20-21,23,26-27,52H,3-11,13,16,19,22,24-25,28-51,54H2,1-2H3,(H,56,57)/b14-12-,17-15-,20-18-,23-21-,27-26-. The van der Waals surface area contributed by atoms with E-state index < -0.39 is 13.9 Å². The molecule has 0 aliphatic heterocycles. The number of nitrogens with two attached hydrogens (primary N) is 1. The van der Waals surface area contributed by atoms with E-state index in [9.17, 15) is 14.3 Å². The summed E-state index contributed by atoms with van der Waals surface area (Å²) in [5.41, 5.74) is 5.39. The number of unbranched alkanes of at least 4 members (excludes halogenated alkanes) is 26. The quantitative estimate of drug-likeness (QED) is 0.0268. The zero-order valence-corrected chi connectivity index (χ0v) is 41.2. The van der Waals surface area contributed by atoms with Crippen molar-refractivity contribution in [2.24, 2.45) is 5.73 Å². The first-order valence-corrected chi connectivity index (χ1v) is 27.3. The summed E-state index contributed by atoms with van der Waals surface area (Å²) in [5.74, 6) is -0.338. The molecular weight excluding hydrogens is 794 g/mol. The number of carbonyl (C=O) groups excluding carboxylic acids is 1. The van der Waals surface area contributed by atoms with E-state index in [1.54, 1.807) is 0 Å². The van der Waals surface area contributed by atoms with E-state index in [2.05, 4.69) is 74.6 Å². The van der Waals surface area contributed by atoms with Crippen LogP contribution in [0.3, 0.4) is 0 Å². The predicted molar refractivity (Wildman–Crippen MR) is 266 cm³/mol. The molecule has 2 unspecified atom stereocenters. The number of phosphoric ester groups is 1. The summed E-state index contributed by atoms with van der Waals surface area (Å²) in [6.45, 7) is 4.89. The van der Waals surface area contributed by atoms with Gasteiger partial charge in [-0.3, -0.25) is 13.8 Å². The maximum Gasteiger partial charge on any atom is 0.472 e. The van der Waals surface area contributed by atoms with Crippen molar-refractivity contribution in [2.45, 2.75) is 238 Å². The van der Waals surface area contributed by atoms with E-state index in [-0.39, 0.29) is 32.3 Å². The van der Waals surface area contributed by atoms with Gasteiger partial charge in [-0.25, -0.2) is 4.57 Å². The number of hydrogen-bond acceptors (Lipinski definition) is 7. The van der Waals surface area contributed by atoms with E-state index in [0.717, 1.165) is 57.8 Å². The smallest absolute Gasteiger partial charge is 0.457 e. The van der Waals surface area contributed by atoms with Gasteiger partial charge in [0.25, 0.3) is 0 Å². The molecule has 0 amide bonds. The highest BCUT2D eigenvalue weighted by atomic mass is 31.2. The molecule has 62 heavy (non-hydrogen) atoms. The van der Waals surface area contributed by atoms with Gasteiger partial charge < -0.3 is 20.1 Å². The molecule has 0 saturated carbocycles. The van der Waals surface area contributed by atoms with Crippen LogP contribution in [-0.2, 0) is 27.9 Å². The molecule has 0 aromatic carbocycles. The van der Waals surface area contributed by atoms with Gasteiger partial charge in [0, 0.05) is 19.6 Å². The van der Waals surface area contributed by atoms with Crippen LogP contribution in [0.5, 0.6) is 0 Å². The number of ether oxygens (including phenoxy) is 2. The van der Waals surface area contributed by atoms with Crippen molar-refractivity contribution in [3.8, 4) is 0 Å². The maximum atomic E-state index is 12.7. The molecule has 0 saturated heterocycles. The predicted octanol–water partition coefficient (Wildman–Crippen LogP) is 16.1. The van der Waals surface area contributed by atoms with Crippen molar-refractivity contribution >= 4 is 13.8 Å². The molecule has 0 aliphatic rings. The molecule has 0 fully saturated rings. The molecular formula is C53H98NO7P. The topological polar surface area (TPSA) is 117 Å². The number of carbonyl (C=O) groups is 1. The monoisotopic (exact) mass is 892 g/mol. The Kier molecular flexibility index (Phi) is 48.7. The van der Waals surface area contributed by atoms with Gasteiger partial charge in [-0.2, -0.15) is 0 Å². The van der Waals surface area contributed by atoms with Gasteiger partial charge in [0.05, 0.1) is 19.8 Å². The Balaban J connectivity index is 3.97. The van der Waals surface area contributed by atoms with E-state index in [4.69, 9.17) is 24.3 Å². The second-order valence-electron chi connectivity index (χ2n) is 17.0. The van der Waals surface area contributed by atoms with Gasteiger partial charge >= 0.3 is 13.8 Å². The highest BCUT2D eigenvalue weighted by molar-refractivity contribution is 7.47. The molecule has 0 heterocycles. The largest absolute Gasteiger partial charge is 0.472 e. The molecule has 0 aromatic heterocycles. The SMILES string of the molecule is CCCCC/C=C\C/C=C\CCCCCCCCCCCCOCC(COP(=O)(O)OCCN)OC(=O)CCCCCCCCCC/C=C\C/C=C\C/C=C\CCCCCCC. The Hall–Kier alpha value is -1.80. The highest BCUT2D eigenvalue weighted by Gasteiger charge is 2.25. The molecule has 362 valence electrons. The van der Waals surface area contributed by atoms with Crippen molar-refractivity contribution in [1.82, 2.24) is 0 Å². The molecule has 0 aromatic rings. The first-order valence-electron chi connectivity index (χ1n) is 25.8. The third-order valence-corrected chi connectivity index (χ3v) is 11.9. The fourth-order valence-electron chi connectivity index (χ4n) is 7.09. The lowest BCUT2D eigenvalue weighted by molar-refractivity contribution is -0.154. The summed E-state index contributed by atoms with van der Waals surface area (Å²) in [7, 11) is -4.29. The molecule has 0 bridgehead atoms. The van der Waals surface area contributed by atoms with Crippen LogP contribution in [0.2, 0.25) is 0 Å². The first kappa shape index (κ1) is 60.2. The average molecular weight is 892 g/mol. The minimum absolute atomic E-state index is 0.0965. The van der Waals surface area contributed by atoms with Crippen molar-refractivity contribution in [3.63, 3.8) is 0 Å². The number of phosphoric acid groups is 1. The van der Waals surface area contributed by atoms with Crippen LogP contribution in [0.15, 0.2) is 60.8 Å². The molecule has 0 spiro atoms. The minimum Gasteiger partial charge on any atom is -0.457 e. The molecule has 3 N–H and O–H groups in total.